The molecule has 1 aliphatic rings. The van der Waals surface area contributed by atoms with E-state index in [2.05, 4.69) is 20.3 Å². The van der Waals surface area contributed by atoms with E-state index in [-0.39, 0.29) is 28.4 Å². The molecule has 0 saturated carbocycles. The molecule has 0 amide bonds. The Balaban J connectivity index is 2.22. The Hall–Kier alpha value is -3.23. The first-order valence-electron chi connectivity index (χ1n) is 6.15. The molecule has 0 fully saturated rings. The zero-order valence-electron chi connectivity index (χ0n) is 11.3. The summed E-state index contributed by atoms with van der Waals surface area (Å²) in [5.74, 6) is -2.55. The summed E-state index contributed by atoms with van der Waals surface area (Å²) in [4.78, 5) is 11.9. The standard InChI is InChI=1S/C13H11N3O6/c1-21-13(20)6-4-14-12-11(15-22-16-12)9(6)10-7(18)2-5(17)3-8(10)19/h2-4,9,17-19H,1H3,(H,14,16). The number of nitrogens with one attached hydrogen (secondary N) is 1. The number of ether oxygens (including phenoxy) is 1. The third-order valence-electron chi connectivity index (χ3n) is 3.29. The minimum Gasteiger partial charge on any atom is -0.508 e. The van der Waals surface area contributed by atoms with Gasteiger partial charge in [-0.15, -0.1) is 0 Å². The molecule has 1 aliphatic heterocycles. The average molecular weight is 305 g/mol. The first-order valence-corrected chi connectivity index (χ1v) is 6.15. The van der Waals surface area contributed by atoms with Crippen molar-refractivity contribution in [1.82, 2.24) is 10.3 Å². The van der Waals surface area contributed by atoms with Crippen LogP contribution in [0, 0.1) is 0 Å². The number of nitrogens with zero attached hydrogens (tertiary/aromatic N) is 2. The number of hydrogen-bond acceptors (Lipinski definition) is 9. The van der Waals surface area contributed by atoms with Gasteiger partial charge in [-0.3, -0.25) is 0 Å². The van der Waals surface area contributed by atoms with Gasteiger partial charge in [0.2, 0.25) is 0 Å². The minimum absolute atomic E-state index is 0.0205. The van der Waals surface area contributed by atoms with Gasteiger partial charge in [-0.1, -0.05) is 5.16 Å². The third kappa shape index (κ3) is 1.99. The SMILES string of the molecule is COC(=O)C1=CNc2nonc2C1c1c(O)cc(O)cc1O. The number of rotatable bonds is 2. The van der Waals surface area contributed by atoms with Crippen molar-refractivity contribution in [2.45, 2.75) is 5.92 Å². The first-order chi connectivity index (χ1) is 10.5. The zero-order chi connectivity index (χ0) is 15.9. The zero-order valence-corrected chi connectivity index (χ0v) is 11.3. The van der Waals surface area contributed by atoms with Crippen LogP contribution in [0.15, 0.2) is 28.5 Å². The monoisotopic (exact) mass is 305 g/mol. The summed E-state index contributed by atoms with van der Waals surface area (Å²) in [6.07, 6.45) is 1.33. The van der Waals surface area contributed by atoms with Gasteiger partial charge in [0, 0.05) is 23.9 Å². The summed E-state index contributed by atoms with van der Waals surface area (Å²) in [7, 11) is 1.20. The van der Waals surface area contributed by atoms with Gasteiger partial charge in [-0.25, -0.2) is 9.42 Å². The van der Waals surface area contributed by atoms with Crippen molar-refractivity contribution in [3.05, 3.63) is 35.2 Å². The van der Waals surface area contributed by atoms with Crippen molar-refractivity contribution in [1.29, 1.82) is 0 Å². The van der Waals surface area contributed by atoms with Gasteiger partial charge in [0.05, 0.1) is 18.6 Å². The smallest absolute Gasteiger partial charge is 0.336 e. The number of fused-ring (bicyclic) bond motifs is 1. The van der Waals surface area contributed by atoms with Crippen LogP contribution in [-0.4, -0.2) is 38.7 Å². The molecule has 1 atom stereocenters. The molecule has 9 nitrogen and oxygen atoms in total. The summed E-state index contributed by atoms with van der Waals surface area (Å²) >= 11 is 0. The Kier molecular flexibility index (Phi) is 3.09. The molecule has 4 N–H and O–H groups in total. The Bertz CT molecular complexity index is 759. The molecule has 1 unspecified atom stereocenters. The fourth-order valence-electron chi connectivity index (χ4n) is 2.35. The number of benzene rings is 1. The molecule has 0 bridgehead atoms. The topological polar surface area (TPSA) is 138 Å². The molecule has 2 aromatic rings. The highest BCUT2D eigenvalue weighted by molar-refractivity contribution is 5.93. The Morgan fingerprint density at radius 1 is 1.27 bits per heavy atom. The van der Waals surface area contributed by atoms with Gasteiger partial charge >= 0.3 is 5.97 Å². The number of phenols is 3. The molecule has 0 aliphatic carbocycles. The Morgan fingerprint density at radius 3 is 2.59 bits per heavy atom. The molecule has 22 heavy (non-hydrogen) atoms. The van der Waals surface area contributed by atoms with E-state index in [1.165, 1.54) is 13.3 Å². The summed E-state index contributed by atoms with van der Waals surface area (Å²) in [5.41, 5.74) is 0.258. The van der Waals surface area contributed by atoms with Crippen molar-refractivity contribution < 1.29 is 29.5 Å². The van der Waals surface area contributed by atoms with E-state index in [1.807, 2.05) is 0 Å². The fourth-order valence-corrected chi connectivity index (χ4v) is 2.35. The lowest BCUT2D eigenvalue weighted by molar-refractivity contribution is -0.136. The van der Waals surface area contributed by atoms with Crippen LogP contribution in [0.25, 0.3) is 0 Å². The molecule has 0 saturated heterocycles. The first kappa shape index (κ1) is 13.7. The fraction of sp³-hybridized carbons (Fsp3) is 0.154. The van der Waals surface area contributed by atoms with E-state index < -0.39 is 23.4 Å². The molecular weight excluding hydrogens is 294 g/mol. The number of methoxy groups -OCH3 is 1. The highest BCUT2D eigenvalue weighted by Crippen LogP contribution is 2.46. The summed E-state index contributed by atoms with van der Waals surface area (Å²) in [6, 6.07) is 2.08. The number of esters is 1. The van der Waals surface area contributed by atoms with Gasteiger partial charge in [0.1, 0.15) is 22.9 Å². The van der Waals surface area contributed by atoms with E-state index in [0.717, 1.165) is 12.1 Å². The maximum absolute atomic E-state index is 11.9. The van der Waals surface area contributed by atoms with Gasteiger partial charge < -0.3 is 25.4 Å². The maximum atomic E-state index is 11.9. The molecule has 2 heterocycles. The van der Waals surface area contributed by atoms with Crippen molar-refractivity contribution in [2.75, 3.05) is 12.4 Å². The van der Waals surface area contributed by atoms with E-state index in [1.54, 1.807) is 0 Å². The second kappa shape index (κ2) is 4.95. The molecule has 3 rings (SSSR count). The van der Waals surface area contributed by atoms with Crippen LogP contribution in [-0.2, 0) is 9.53 Å². The van der Waals surface area contributed by atoms with Crippen LogP contribution in [0.1, 0.15) is 17.2 Å². The van der Waals surface area contributed by atoms with E-state index in [0.29, 0.717) is 0 Å². The van der Waals surface area contributed by atoms with Crippen LogP contribution in [0.4, 0.5) is 5.82 Å². The van der Waals surface area contributed by atoms with Crippen LogP contribution < -0.4 is 5.32 Å². The third-order valence-corrected chi connectivity index (χ3v) is 3.29. The molecule has 1 aromatic carbocycles. The number of carbonyl (C=O) groups excluding carboxylic acids is 1. The molecular formula is C13H11N3O6. The van der Waals surface area contributed by atoms with Gasteiger partial charge in [0.25, 0.3) is 0 Å². The number of aromatic hydroxyl groups is 3. The number of phenolic OH excluding ortho intramolecular Hbond substituents is 3. The lowest BCUT2D eigenvalue weighted by Crippen LogP contribution is -2.21. The summed E-state index contributed by atoms with van der Waals surface area (Å²) < 4.78 is 9.32. The average Bonchev–Trinajstić information content (AvgIpc) is 2.94. The summed E-state index contributed by atoms with van der Waals surface area (Å²) in [6.45, 7) is 0. The van der Waals surface area contributed by atoms with Gasteiger partial charge in [-0.2, -0.15) is 0 Å². The highest BCUT2D eigenvalue weighted by atomic mass is 16.6. The number of hydrogen-bond donors (Lipinski definition) is 4. The quantitative estimate of drug-likeness (QED) is 0.593. The van der Waals surface area contributed by atoms with Crippen LogP contribution in [0.3, 0.4) is 0 Å². The Labute approximate surface area is 123 Å². The molecule has 1 aromatic heterocycles. The normalized spacial score (nSPS) is 16.4. The van der Waals surface area contributed by atoms with Crippen molar-refractivity contribution in [3.8, 4) is 17.2 Å². The predicted octanol–water partition coefficient (Wildman–Crippen LogP) is 0.801. The van der Waals surface area contributed by atoms with Gasteiger partial charge in [0.15, 0.2) is 5.82 Å². The number of carbonyl (C=O) groups is 1. The minimum atomic E-state index is -0.962. The van der Waals surface area contributed by atoms with Crippen molar-refractivity contribution >= 4 is 11.8 Å². The van der Waals surface area contributed by atoms with Gasteiger partial charge in [-0.05, 0) is 5.16 Å². The second-order valence-electron chi connectivity index (χ2n) is 4.56. The Morgan fingerprint density at radius 2 is 1.95 bits per heavy atom. The van der Waals surface area contributed by atoms with Crippen LogP contribution in [0.2, 0.25) is 0 Å². The van der Waals surface area contributed by atoms with Crippen molar-refractivity contribution in [3.63, 3.8) is 0 Å². The number of aromatic nitrogens is 2. The highest BCUT2D eigenvalue weighted by Gasteiger charge is 2.37. The van der Waals surface area contributed by atoms with Crippen LogP contribution in [0.5, 0.6) is 17.2 Å². The molecule has 0 spiro atoms. The largest absolute Gasteiger partial charge is 0.508 e. The van der Waals surface area contributed by atoms with E-state index in [9.17, 15) is 20.1 Å². The lowest BCUT2D eigenvalue weighted by atomic mass is 9.85. The second-order valence-corrected chi connectivity index (χ2v) is 4.56. The van der Waals surface area contributed by atoms with E-state index in [4.69, 9.17) is 4.74 Å². The predicted molar refractivity (Wildman–Crippen MR) is 71.3 cm³/mol. The molecule has 0 radical (unpaired) electrons. The maximum Gasteiger partial charge on any atom is 0.336 e. The molecule has 9 heteroatoms. The number of anilines is 1. The summed E-state index contributed by atoms with van der Waals surface area (Å²) in [5, 5.41) is 39.6. The lowest BCUT2D eigenvalue weighted by Gasteiger charge is -2.23. The molecule has 114 valence electrons. The van der Waals surface area contributed by atoms with Crippen molar-refractivity contribution in [2.24, 2.45) is 0 Å². The van der Waals surface area contributed by atoms with E-state index >= 15 is 0 Å². The van der Waals surface area contributed by atoms with Crippen LogP contribution >= 0.6 is 0 Å².